The van der Waals surface area contributed by atoms with Crippen LogP contribution in [0.4, 0.5) is 0 Å². The number of halogens is 1. The lowest BCUT2D eigenvalue weighted by atomic mass is 10.0. The minimum Gasteiger partial charge on any atom is -0.332 e. The molecule has 6 heteroatoms. The predicted molar refractivity (Wildman–Crippen MR) is 136 cm³/mol. The number of thiophene rings is 1. The summed E-state index contributed by atoms with van der Waals surface area (Å²) in [6.45, 7) is 5.01. The predicted octanol–water partition coefficient (Wildman–Crippen LogP) is 6.12. The molecule has 3 aromatic rings. The van der Waals surface area contributed by atoms with Crippen LogP contribution in [0.15, 0.2) is 72.8 Å². The first-order valence-electron chi connectivity index (χ1n) is 11.1. The lowest BCUT2D eigenvalue weighted by Crippen LogP contribution is -2.61. The van der Waals surface area contributed by atoms with E-state index in [2.05, 4.69) is 36.4 Å². The van der Waals surface area contributed by atoms with Crippen molar-refractivity contribution in [2.75, 3.05) is 6.54 Å². The fourth-order valence-electron chi connectivity index (χ4n) is 4.22. The molecule has 2 amide bonds. The highest BCUT2D eigenvalue weighted by Gasteiger charge is 2.39. The molecule has 0 aliphatic carbocycles. The third-order valence-electron chi connectivity index (χ3n) is 6.01. The Morgan fingerprint density at radius 3 is 2.39 bits per heavy atom. The molecule has 4 nitrogen and oxygen atoms in total. The molecule has 1 aliphatic heterocycles. The smallest absolute Gasteiger partial charge is 0.247 e. The van der Waals surface area contributed by atoms with E-state index >= 15 is 0 Å². The highest BCUT2D eigenvalue weighted by atomic mass is 35.5. The second-order valence-electron chi connectivity index (χ2n) is 8.27. The van der Waals surface area contributed by atoms with E-state index in [-0.39, 0.29) is 17.9 Å². The van der Waals surface area contributed by atoms with Crippen LogP contribution in [0.25, 0.3) is 17.2 Å². The molecule has 1 saturated heterocycles. The zero-order chi connectivity index (χ0) is 23.4. The Hall–Kier alpha value is -2.89. The van der Waals surface area contributed by atoms with E-state index < -0.39 is 6.04 Å². The third kappa shape index (κ3) is 5.37. The van der Waals surface area contributed by atoms with Gasteiger partial charge in [-0.3, -0.25) is 9.59 Å². The number of benzene rings is 2. The molecule has 33 heavy (non-hydrogen) atoms. The van der Waals surface area contributed by atoms with Gasteiger partial charge in [-0.1, -0.05) is 73.1 Å². The fourth-order valence-corrected chi connectivity index (χ4v) is 5.19. The summed E-state index contributed by atoms with van der Waals surface area (Å²) in [6, 6.07) is 21.8. The molecule has 0 saturated carbocycles. The lowest BCUT2D eigenvalue weighted by Gasteiger charge is -2.44. The Morgan fingerprint density at radius 1 is 1.06 bits per heavy atom. The number of amides is 2. The van der Waals surface area contributed by atoms with E-state index in [1.165, 1.54) is 16.9 Å². The van der Waals surface area contributed by atoms with Gasteiger partial charge in [0.2, 0.25) is 11.8 Å². The number of nitrogens with zero attached hydrogens (tertiary/aromatic N) is 2. The van der Waals surface area contributed by atoms with Crippen LogP contribution in [-0.2, 0) is 16.1 Å². The molecule has 2 unspecified atom stereocenters. The number of rotatable bonds is 6. The van der Waals surface area contributed by atoms with Crippen molar-refractivity contribution in [3.05, 3.63) is 87.6 Å². The van der Waals surface area contributed by atoms with Gasteiger partial charge in [0.15, 0.2) is 0 Å². The summed E-state index contributed by atoms with van der Waals surface area (Å²) in [5, 5.41) is 0. The summed E-state index contributed by atoms with van der Waals surface area (Å²) in [6.07, 6.45) is 3.89. The van der Waals surface area contributed by atoms with Crippen LogP contribution < -0.4 is 0 Å². The van der Waals surface area contributed by atoms with E-state index in [1.54, 1.807) is 17.1 Å². The van der Waals surface area contributed by atoms with Gasteiger partial charge in [-0.2, -0.15) is 0 Å². The van der Waals surface area contributed by atoms with Crippen LogP contribution in [0.2, 0.25) is 4.34 Å². The largest absolute Gasteiger partial charge is 0.332 e. The van der Waals surface area contributed by atoms with E-state index in [0.29, 0.717) is 23.8 Å². The third-order valence-corrected chi connectivity index (χ3v) is 7.20. The Labute approximate surface area is 204 Å². The van der Waals surface area contributed by atoms with Crippen molar-refractivity contribution in [2.45, 2.75) is 38.9 Å². The molecule has 1 aliphatic rings. The molecule has 2 atom stereocenters. The van der Waals surface area contributed by atoms with Crippen LogP contribution >= 0.6 is 22.9 Å². The van der Waals surface area contributed by atoms with Crippen molar-refractivity contribution in [3.63, 3.8) is 0 Å². The van der Waals surface area contributed by atoms with Crippen LogP contribution in [0, 0.1) is 0 Å². The zero-order valence-electron chi connectivity index (χ0n) is 18.8. The average molecular weight is 479 g/mol. The van der Waals surface area contributed by atoms with Crippen molar-refractivity contribution in [3.8, 4) is 11.1 Å². The Morgan fingerprint density at radius 2 is 1.76 bits per heavy atom. The van der Waals surface area contributed by atoms with E-state index in [0.717, 1.165) is 16.0 Å². The van der Waals surface area contributed by atoms with E-state index in [1.807, 2.05) is 49.1 Å². The Bertz CT molecular complexity index is 1140. The molecule has 2 heterocycles. The zero-order valence-corrected chi connectivity index (χ0v) is 20.4. The highest BCUT2D eigenvalue weighted by molar-refractivity contribution is 7.17. The average Bonchev–Trinajstić information content (AvgIpc) is 3.26. The van der Waals surface area contributed by atoms with Gasteiger partial charge in [0.05, 0.1) is 4.34 Å². The van der Waals surface area contributed by atoms with Gasteiger partial charge in [0.1, 0.15) is 6.04 Å². The topological polar surface area (TPSA) is 40.6 Å². The van der Waals surface area contributed by atoms with Crippen LogP contribution in [-0.4, -0.2) is 40.2 Å². The van der Waals surface area contributed by atoms with Crippen molar-refractivity contribution in [2.24, 2.45) is 0 Å². The Kier molecular flexibility index (Phi) is 7.31. The minimum atomic E-state index is -0.450. The molecule has 4 rings (SSSR count). The summed E-state index contributed by atoms with van der Waals surface area (Å²) in [7, 11) is 0. The number of carbonyl (C=O) groups is 2. The number of hydrogen-bond acceptors (Lipinski definition) is 3. The van der Waals surface area contributed by atoms with Crippen molar-refractivity contribution in [1.82, 2.24) is 9.80 Å². The van der Waals surface area contributed by atoms with Gasteiger partial charge in [0, 0.05) is 30.1 Å². The molecule has 170 valence electrons. The van der Waals surface area contributed by atoms with Crippen LogP contribution in [0.5, 0.6) is 0 Å². The molecule has 2 aromatic carbocycles. The second kappa shape index (κ2) is 10.4. The molecule has 1 fully saturated rings. The van der Waals surface area contributed by atoms with Crippen LogP contribution in [0.3, 0.4) is 0 Å². The Balaban J connectivity index is 1.45. The van der Waals surface area contributed by atoms with Crippen molar-refractivity contribution >= 4 is 40.8 Å². The summed E-state index contributed by atoms with van der Waals surface area (Å²) >= 11 is 7.39. The first-order chi connectivity index (χ1) is 16.0. The molecule has 1 aromatic heterocycles. The summed E-state index contributed by atoms with van der Waals surface area (Å²) in [4.78, 5) is 30.8. The molecule has 0 N–H and O–H groups in total. The lowest BCUT2D eigenvalue weighted by molar-refractivity contribution is -0.153. The first-order valence-corrected chi connectivity index (χ1v) is 12.3. The number of carbonyl (C=O) groups excluding carboxylic acids is 2. The number of hydrogen-bond donors (Lipinski definition) is 0. The maximum absolute atomic E-state index is 13.3. The molecular weight excluding hydrogens is 452 g/mol. The van der Waals surface area contributed by atoms with Gasteiger partial charge in [-0.05, 0) is 48.2 Å². The summed E-state index contributed by atoms with van der Waals surface area (Å²) in [5.41, 5.74) is 3.41. The van der Waals surface area contributed by atoms with Gasteiger partial charge in [-0.25, -0.2) is 0 Å². The summed E-state index contributed by atoms with van der Waals surface area (Å²) < 4.78 is 0.683. The van der Waals surface area contributed by atoms with Crippen molar-refractivity contribution < 1.29 is 9.59 Å². The van der Waals surface area contributed by atoms with E-state index in [9.17, 15) is 9.59 Å². The van der Waals surface area contributed by atoms with Gasteiger partial charge < -0.3 is 9.80 Å². The standard InChI is InChI=1S/C27H27ClN2O2S/c1-3-24-27(32)29(18-20-9-11-22(12-10-20)21-7-5-4-6-8-21)19(2)17-30(24)26(31)16-14-23-13-15-25(28)33-23/h4-16,19,24H,3,17-18H2,1-2H3/b16-14+. The van der Waals surface area contributed by atoms with E-state index in [4.69, 9.17) is 11.6 Å². The number of piperazine rings is 1. The summed E-state index contributed by atoms with van der Waals surface area (Å²) in [5.74, 6) is -0.136. The highest BCUT2D eigenvalue weighted by Crippen LogP contribution is 2.25. The van der Waals surface area contributed by atoms with Crippen LogP contribution in [0.1, 0.15) is 30.7 Å². The normalized spacial score (nSPS) is 18.8. The van der Waals surface area contributed by atoms with Gasteiger partial charge >= 0.3 is 0 Å². The molecule has 0 spiro atoms. The quantitative estimate of drug-likeness (QED) is 0.400. The SMILES string of the molecule is CCC1C(=O)N(Cc2ccc(-c3ccccc3)cc2)C(C)CN1C(=O)/C=C/c1ccc(Cl)s1. The second-order valence-corrected chi connectivity index (χ2v) is 10.0. The van der Waals surface area contributed by atoms with Gasteiger partial charge in [0.25, 0.3) is 0 Å². The maximum Gasteiger partial charge on any atom is 0.247 e. The first kappa shape index (κ1) is 23.3. The molecule has 0 bridgehead atoms. The molecule has 0 radical (unpaired) electrons. The fraction of sp³-hybridized carbons (Fsp3) is 0.259. The molecular formula is C27H27ClN2O2S. The van der Waals surface area contributed by atoms with Gasteiger partial charge in [-0.15, -0.1) is 11.3 Å². The van der Waals surface area contributed by atoms with Crippen molar-refractivity contribution in [1.29, 1.82) is 0 Å². The minimum absolute atomic E-state index is 0.00399. The monoisotopic (exact) mass is 478 g/mol. The maximum atomic E-state index is 13.3.